The molecule has 0 unspecified atom stereocenters. The van der Waals surface area contributed by atoms with E-state index in [4.69, 9.17) is 0 Å². The minimum absolute atomic E-state index is 0.731. The van der Waals surface area contributed by atoms with Gasteiger partial charge in [0, 0.05) is 11.6 Å². The molecule has 2 heterocycles. The standard InChI is InChI=1S/C5H2N3S/c1-4-2-9-8-5(4)7-3-6-1/h1-2H. The van der Waals surface area contributed by atoms with Crippen LogP contribution in [0.15, 0.2) is 11.6 Å². The molecule has 0 aliphatic carbocycles. The molecule has 2 aromatic heterocycles. The number of nitrogens with zero attached hydrogens (tertiary/aromatic N) is 3. The van der Waals surface area contributed by atoms with Gasteiger partial charge >= 0.3 is 0 Å². The van der Waals surface area contributed by atoms with Gasteiger partial charge in [-0.25, -0.2) is 9.97 Å². The fourth-order valence-corrected chi connectivity index (χ4v) is 1.16. The first-order valence-corrected chi connectivity index (χ1v) is 3.23. The highest BCUT2D eigenvalue weighted by molar-refractivity contribution is 7.04. The summed E-state index contributed by atoms with van der Waals surface area (Å²) in [6.07, 6.45) is 4.17. The molecule has 4 heteroatoms. The molecule has 0 aliphatic rings. The van der Waals surface area contributed by atoms with Crippen LogP contribution in [0.4, 0.5) is 0 Å². The topological polar surface area (TPSA) is 38.7 Å². The molecule has 0 aromatic carbocycles. The molecule has 0 saturated carbocycles. The Morgan fingerprint density at radius 3 is 3.44 bits per heavy atom. The lowest BCUT2D eigenvalue weighted by Gasteiger charge is -1.78. The molecular formula is C5H2N3S. The van der Waals surface area contributed by atoms with Crippen molar-refractivity contribution in [3.05, 3.63) is 17.9 Å². The van der Waals surface area contributed by atoms with Crippen LogP contribution in [0.2, 0.25) is 0 Å². The third-order valence-corrected chi connectivity index (χ3v) is 1.63. The molecule has 0 fully saturated rings. The van der Waals surface area contributed by atoms with Crippen LogP contribution in [0, 0.1) is 6.33 Å². The minimum Gasteiger partial charge on any atom is -0.233 e. The lowest BCUT2D eigenvalue weighted by molar-refractivity contribution is 1.19. The quantitative estimate of drug-likeness (QED) is 0.539. The Balaban J connectivity index is 2.95. The van der Waals surface area contributed by atoms with Crippen LogP contribution in [-0.2, 0) is 0 Å². The molecule has 43 valence electrons. The van der Waals surface area contributed by atoms with Gasteiger partial charge in [-0.15, -0.1) is 0 Å². The third kappa shape index (κ3) is 0.675. The van der Waals surface area contributed by atoms with Gasteiger partial charge in [-0.2, -0.15) is 4.37 Å². The first-order valence-electron chi connectivity index (χ1n) is 2.40. The van der Waals surface area contributed by atoms with E-state index in [2.05, 4.69) is 20.7 Å². The second-order valence-electron chi connectivity index (χ2n) is 1.56. The SMILES string of the molecule is [c]1ncc2csnc2n1. The molecule has 3 nitrogen and oxygen atoms in total. The zero-order chi connectivity index (χ0) is 6.10. The predicted molar refractivity (Wildman–Crippen MR) is 34.0 cm³/mol. The minimum atomic E-state index is 0.731. The molecule has 0 aliphatic heterocycles. The Labute approximate surface area is 55.6 Å². The van der Waals surface area contributed by atoms with E-state index in [9.17, 15) is 0 Å². The number of fused-ring (bicyclic) bond motifs is 1. The van der Waals surface area contributed by atoms with Crippen molar-refractivity contribution in [2.24, 2.45) is 0 Å². The van der Waals surface area contributed by atoms with Crippen molar-refractivity contribution in [2.75, 3.05) is 0 Å². The number of hydrogen-bond donors (Lipinski definition) is 0. The van der Waals surface area contributed by atoms with E-state index in [0.717, 1.165) is 11.0 Å². The van der Waals surface area contributed by atoms with Crippen molar-refractivity contribution in [3.8, 4) is 0 Å². The van der Waals surface area contributed by atoms with Crippen LogP contribution in [0.1, 0.15) is 0 Å². The normalized spacial score (nSPS) is 10.2. The first kappa shape index (κ1) is 4.81. The highest BCUT2D eigenvalue weighted by Gasteiger charge is 1.92. The second kappa shape index (κ2) is 1.73. The van der Waals surface area contributed by atoms with E-state index in [1.165, 1.54) is 11.5 Å². The summed E-state index contributed by atoms with van der Waals surface area (Å²) in [5, 5.41) is 2.89. The molecule has 2 rings (SSSR count). The summed E-state index contributed by atoms with van der Waals surface area (Å²) in [6, 6.07) is 0. The lowest BCUT2D eigenvalue weighted by Crippen LogP contribution is -1.76. The second-order valence-corrected chi connectivity index (χ2v) is 2.19. The van der Waals surface area contributed by atoms with Crippen LogP contribution in [0.25, 0.3) is 11.0 Å². The molecule has 1 radical (unpaired) electrons. The van der Waals surface area contributed by atoms with Gasteiger partial charge in [0.2, 0.25) is 0 Å². The average Bonchev–Trinajstić information content (AvgIpc) is 2.33. The van der Waals surface area contributed by atoms with Crippen LogP contribution >= 0.6 is 11.5 Å². The van der Waals surface area contributed by atoms with Gasteiger partial charge in [-0.1, -0.05) is 0 Å². The van der Waals surface area contributed by atoms with Gasteiger partial charge in [-0.3, -0.25) is 0 Å². The highest BCUT2D eigenvalue weighted by atomic mass is 32.1. The van der Waals surface area contributed by atoms with Crippen LogP contribution in [0.3, 0.4) is 0 Å². The van der Waals surface area contributed by atoms with Crippen molar-refractivity contribution >= 4 is 22.6 Å². The smallest absolute Gasteiger partial charge is 0.199 e. The third-order valence-electron chi connectivity index (χ3n) is 0.994. The summed E-state index contributed by atoms with van der Waals surface area (Å²) in [7, 11) is 0. The van der Waals surface area contributed by atoms with Gasteiger partial charge in [0.05, 0.1) is 5.39 Å². The van der Waals surface area contributed by atoms with Gasteiger partial charge in [0.15, 0.2) is 12.0 Å². The van der Waals surface area contributed by atoms with Crippen LogP contribution in [-0.4, -0.2) is 14.3 Å². The van der Waals surface area contributed by atoms with Gasteiger partial charge < -0.3 is 0 Å². The predicted octanol–water partition coefficient (Wildman–Crippen LogP) is 0.886. The largest absolute Gasteiger partial charge is 0.233 e. The van der Waals surface area contributed by atoms with Crippen LogP contribution < -0.4 is 0 Å². The monoisotopic (exact) mass is 136 g/mol. The number of hydrogen-bond acceptors (Lipinski definition) is 4. The molecule has 0 bridgehead atoms. The summed E-state index contributed by atoms with van der Waals surface area (Å²) in [5.74, 6) is 0. The molecule has 2 aromatic rings. The molecule has 9 heavy (non-hydrogen) atoms. The van der Waals surface area contributed by atoms with Crippen LogP contribution in [0.5, 0.6) is 0 Å². The fraction of sp³-hybridized carbons (Fsp3) is 0. The molecular weight excluding hydrogens is 134 g/mol. The summed E-state index contributed by atoms with van der Waals surface area (Å²) in [6.45, 7) is 0. The van der Waals surface area contributed by atoms with Crippen molar-refractivity contribution in [2.45, 2.75) is 0 Å². The van der Waals surface area contributed by atoms with Crippen molar-refractivity contribution in [3.63, 3.8) is 0 Å². The Morgan fingerprint density at radius 1 is 1.56 bits per heavy atom. The Morgan fingerprint density at radius 2 is 2.56 bits per heavy atom. The Bertz CT molecular complexity index is 286. The zero-order valence-corrected chi connectivity index (χ0v) is 5.22. The maximum atomic E-state index is 3.98. The lowest BCUT2D eigenvalue weighted by atomic mass is 10.5. The molecule has 0 amide bonds. The summed E-state index contributed by atoms with van der Waals surface area (Å²) >= 11 is 1.38. The van der Waals surface area contributed by atoms with E-state index in [1.54, 1.807) is 6.20 Å². The van der Waals surface area contributed by atoms with E-state index >= 15 is 0 Å². The van der Waals surface area contributed by atoms with Gasteiger partial charge in [-0.05, 0) is 11.5 Å². The van der Waals surface area contributed by atoms with E-state index in [0.29, 0.717) is 0 Å². The van der Waals surface area contributed by atoms with E-state index in [1.807, 2.05) is 5.38 Å². The number of aromatic nitrogens is 3. The van der Waals surface area contributed by atoms with Gasteiger partial charge in [0.1, 0.15) is 0 Å². The maximum Gasteiger partial charge on any atom is 0.199 e. The molecule has 0 saturated heterocycles. The van der Waals surface area contributed by atoms with Gasteiger partial charge in [0.25, 0.3) is 0 Å². The first-order chi connectivity index (χ1) is 4.47. The molecule has 0 N–H and O–H groups in total. The van der Waals surface area contributed by atoms with E-state index in [-0.39, 0.29) is 0 Å². The molecule has 0 spiro atoms. The maximum absolute atomic E-state index is 3.98. The zero-order valence-electron chi connectivity index (χ0n) is 4.40. The van der Waals surface area contributed by atoms with Crippen molar-refractivity contribution in [1.82, 2.24) is 14.3 Å². The Hall–Kier alpha value is -1.03. The summed E-state index contributed by atoms with van der Waals surface area (Å²) in [4.78, 5) is 7.52. The Kier molecular flexibility index (Phi) is 0.927. The van der Waals surface area contributed by atoms with Crippen molar-refractivity contribution in [1.29, 1.82) is 0 Å². The summed E-state index contributed by atoms with van der Waals surface area (Å²) in [5.41, 5.74) is 0.731. The number of rotatable bonds is 0. The van der Waals surface area contributed by atoms with Crippen molar-refractivity contribution < 1.29 is 0 Å². The summed E-state index contributed by atoms with van der Waals surface area (Å²) < 4.78 is 3.98. The van der Waals surface area contributed by atoms with E-state index < -0.39 is 0 Å². The molecule has 0 atom stereocenters. The average molecular weight is 136 g/mol. The highest BCUT2D eigenvalue weighted by Crippen LogP contribution is 2.08. The fourth-order valence-electron chi connectivity index (χ4n) is 0.586.